The number of hydrogen-bond acceptors (Lipinski definition) is 6. The molecule has 3 N–H and O–H groups in total. The first-order chi connectivity index (χ1) is 11.8. The van der Waals surface area contributed by atoms with Crippen LogP contribution in [-0.2, 0) is 16.4 Å². The SMILES string of the molecule is CN(CCc1noc(C2CC2)n1)C(=O)Nc1ccc(S(N)(=O)=O)cc1. The average molecular weight is 365 g/mol. The number of rotatable bonds is 6. The molecule has 0 atom stereocenters. The molecule has 1 aliphatic carbocycles. The molecular formula is C15H19N5O4S. The summed E-state index contributed by atoms with van der Waals surface area (Å²) in [6, 6.07) is 5.31. The normalized spacial score (nSPS) is 14.3. The third-order valence-corrected chi connectivity index (χ3v) is 4.79. The number of nitrogens with one attached hydrogen (secondary N) is 1. The fourth-order valence-corrected chi connectivity index (χ4v) is 2.70. The Labute approximate surface area is 145 Å². The van der Waals surface area contributed by atoms with E-state index in [1.807, 2.05) is 0 Å². The van der Waals surface area contributed by atoms with Gasteiger partial charge in [-0.2, -0.15) is 4.98 Å². The van der Waals surface area contributed by atoms with Crippen LogP contribution in [0.25, 0.3) is 0 Å². The number of benzene rings is 1. The van der Waals surface area contributed by atoms with Crippen LogP contribution in [0.1, 0.15) is 30.5 Å². The molecule has 10 heteroatoms. The zero-order valence-electron chi connectivity index (χ0n) is 13.7. The van der Waals surface area contributed by atoms with Gasteiger partial charge in [0.05, 0.1) is 4.90 Å². The van der Waals surface area contributed by atoms with Crippen LogP contribution >= 0.6 is 0 Å². The lowest BCUT2D eigenvalue weighted by Crippen LogP contribution is -2.33. The zero-order valence-corrected chi connectivity index (χ0v) is 14.5. The van der Waals surface area contributed by atoms with Gasteiger partial charge in [-0.25, -0.2) is 18.4 Å². The molecule has 1 saturated carbocycles. The van der Waals surface area contributed by atoms with Crippen molar-refractivity contribution in [3.05, 3.63) is 36.0 Å². The fourth-order valence-electron chi connectivity index (χ4n) is 2.18. The Kier molecular flexibility index (Phi) is 4.73. The Morgan fingerprint density at radius 2 is 2.04 bits per heavy atom. The molecule has 1 aromatic carbocycles. The Morgan fingerprint density at radius 3 is 2.64 bits per heavy atom. The van der Waals surface area contributed by atoms with E-state index in [-0.39, 0.29) is 10.9 Å². The van der Waals surface area contributed by atoms with Gasteiger partial charge in [-0.15, -0.1) is 0 Å². The van der Waals surface area contributed by atoms with E-state index >= 15 is 0 Å². The number of amides is 2. The van der Waals surface area contributed by atoms with Crippen molar-refractivity contribution < 1.29 is 17.7 Å². The largest absolute Gasteiger partial charge is 0.339 e. The van der Waals surface area contributed by atoms with E-state index < -0.39 is 10.0 Å². The lowest BCUT2D eigenvalue weighted by atomic mass is 10.3. The van der Waals surface area contributed by atoms with Crippen molar-refractivity contribution in [2.45, 2.75) is 30.1 Å². The van der Waals surface area contributed by atoms with Gasteiger partial charge < -0.3 is 14.7 Å². The first kappa shape index (κ1) is 17.4. The van der Waals surface area contributed by atoms with Gasteiger partial charge in [0.2, 0.25) is 15.9 Å². The monoisotopic (exact) mass is 365 g/mol. The summed E-state index contributed by atoms with van der Waals surface area (Å²) in [5.74, 6) is 1.67. The highest BCUT2D eigenvalue weighted by molar-refractivity contribution is 7.89. The first-order valence-electron chi connectivity index (χ1n) is 7.80. The molecule has 25 heavy (non-hydrogen) atoms. The number of likely N-dealkylation sites (N-methyl/N-ethyl adjacent to an activating group) is 1. The molecule has 2 aromatic rings. The standard InChI is InChI=1S/C15H19N5O4S/c1-20(9-8-13-18-14(24-19-13)10-2-3-10)15(21)17-11-4-6-12(7-5-11)25(16,22)23/h4-7,10H,2-3,8-9H2,1H3,(H,17,21)(H2,16,22,23). The number of anilines is 1. The second kappa shape index (κ2) is 6.81. The minimum atomic E-state index is -3.75. The Morgan fingerprint density at radius 1 is 1.36 bits per heavy atom. The van der Waals surface area contributed by atoms with Crippen LogP contribution in [0.2, 0.25) is 0 Å². The van der Waals surface area contributed by atoms with Crippen molar-refractivity contribution in [1.82, 2.24) is 15.0 Å². The lowest BCUT2D eigenvalue weighted by Gasteiger charge is -2.17. The quantitative estimate of drug-likeness (QED) is 0.793. The van der Waals surface area contributed by atoms with Crippen LogP contribution in [0.3, 0.4) is 0 Å². The third kappa shape index (κ3) is 4.54. The van der Waals surface area contributed by atoms with Crippen LogP contribution in [0.15, 0.2) is 33.7 Å². The van der Waals surface area contributed by atoms with E-state index in [0.29, 0.717) is 36.3 Å². The summed E-state index contributed by atoms with van der Waals surface area (Å²) in [6.45, 7) is 0.421. The average Bonchev–Trinajstić information content (AvgIpc) is 3.31. The molecule has 2 amide bonds. The minimum Gasteiger partial charge on any atom is -0.339 e. The molecule has 0 bridgehead atoms. The predicted molar refractivity (Wildman–Crippen MR) is 89.4 cm³/mol. The second-order valence-electron chi connectivity index (χ2n) is 5.99. The van der Waals surface area contributed by atoms with Gasteiger partial charge >= 0.3 is 6.03 Å². The van der Waals surface area contributed by atoms with Crippen molar-refractivity contribution in [2.75, 3.05) is 18.9 Å². The van der Waals surface area contributed by atoms with Gasteiger partial charge in [0.1, 0.15) is 0 Å². The molecular weight excluding hydrogens is 346 g/mol. The molecule has 9 nitrogen and oxygen atoms in total. The van der Waals surface area contributed by atoms with Gasteiger partial charge in [0.25, 0.3) is 0 Å². The van der Waals surface area contributed by atoms with Gasteiger partial charge in [-0.05, 0) is 37.1 Å². The molecule has 1 aromatic heterocycles. The summed E-state index contributed by atoms with van der Waals surface area (Å²) in [6.07, 6.45) is 2.67. The molecule has 134 valence electrons. The van der Waals surface area contributed by atoms with Crippen molar-refractivity contribution >= 4 is 21.7 Å². The topological polar surface area (TPSA) is 131 Å². The number of carbonyl (C=O) groups excluding carboxylic acids is 1. The number of carbonyl (C=O) groups is 1. The lowest BCUT2D eigenvalue weighted by molar-refractivity contribution is 0.222. The second-order valence-corrected chi connectivity index (χ2v) is 7.56. The summed E-state index contributed by atoms with van der Waals surface area (Å²) in [5.41, 5.74) is 0.472. The zero-order chi connectivity index (χ0) is 18.0. The highest BCUT2D eigenvalue weighted by Crippen LogP contribution is 2.38. The third-order valence-electron chi connectivity index (χ3n) is 3.86. The number of urea groups is 1. The van der Waals surface area contributed by atoms with E-state index in [9.17, 15) is 13.2 Å². The van der Waals surface area contributed by atoms with Crippen molar-refractivity contribution in [3.8, 4) is 0 Å². The maximum atomic E-state index is 12.1. The highest BCUT2D eigenvalue weighted by Gasteiger charge is 2.29. The number of nitrogens with zero attached hydrogens (tertiary/aromatic N) is 3. The van der Waals surface area contributed by atoms with Gasteiger partial charge in [0, 0.05) is 31.6 Å². The molecule has 0 radical (unpaired) electrons. The van der Waals surface area contributed by atoms with Crippen molar-refractivity contribution in [2.24, 2.45) is 5.14 Å². The fraction of sp³-hybridized carbons (Fsp3) is 0.400. The number of nitrogens with two attached hydrogens (primary N) is 1. The van der Waals surface area contributed by atoms with Gasteiger partial charge in [-0.3, -0.25) is 0 Å². The Bertz CT molecular complexity index is 858. The summed E-state index contributed by atoms with van der Waals surface area (Å²) in [4.78, 5) is 17.9. The van der Waals surface area contributed by atoms with Crippen LogP contribution in [0.5, 0.6) is 0 Å². The Balaban J connectivity index is 1.51. The smallest absolute Gasteiger partial charge is 0.321 e. The molecule has 0 aliphatic heterocycles. The summed E-state index contributed by atoms with van der Waals surface area (Å²) in [7, 11) is -2.10. The van der Waals surface area contributed by atoms with Crippen LogP contribution < -0.4 is 10.5 Å². The van der Waals surface area contributed by atoms with E-state index in [4.69, 9.17) is 9.66 Å². The van der Waals surface area contributed by atoms with Crippen molar-refractivity contribution in [1.29, 1.82) is 0 Å². The predicted octanol–water partition coefficient (Wildman–Crippen LogP) is 1.30. The van der Waals surface area contributed by atoms with Gasteiger partial charge in [-0.1, -0.05) is 5.16 Å². The first-order valence-corrected chi connectivity index (χ1v) is 9.35. The highest BCUT2D eigenvalue weighted by atomic mass is 32.2. The van der Waals surface area contributed by atoms with Gasteiger partial charge in [0.15, 0.2) is 5.82 Å². The number of primary sulfonamides is 1. The molecule has 1 fully saturated rings. The Hall–Kier alpha value is -2.46. The summed E-state index contributed by atoms with van der Waals surface area (Å²) in [5, 5.41) is 11.6. The van der Waals surface area contributed by atoms with Crippen LogP contribution in [-0.4, -0.2) is 43.1 Å². The number of aromatic nitrogens is 2. The maximum Gasteiger partial charge on any atom is 0.321 e. The maximum absolute atomic E-state index is 12.1. The molecule has 0 unspecified atom stereocenters. The van der Waals surface area contributed by atoms with E-state index in [1.54, 1.807) is 7.05 Å². The molecule has 1 heterocycles. The van der Waals surface area contributed by atoms with Crippen molar-refractivity contribution in [3.63, 3.8) is 0 Å². The summed E-state index contributed by atoms with van der Waals surface area (Å²) >= 11 is 0. The van der Waals surface area contributed by atoms with E-state index in [2.05, 4.69) is 15.5 Å². The van der Waals surface area contributed by atoms with E-state index in [1.165, 1.54) is 29.2 Å². The van der Waals surface area contributed by atoms with E-state index in [0.717, 1.165) is 12.8 Å². The molecule has 0 spiro atoms. The number of hydrogen-bond donors (Lipinski definition) is 2. The summed E-state index contributed by atoms with van der Waals surface area (Å²) < 4.78 is 27.6. The molecule has 0 saturated heterocycles. The number of sulfonamides is 1. The van der Waals surface area contributed by atoms with Crippen LogP contribution in [0, 0.1) is 0 Å². The van der Waals surface area contributed by atoms with Crippen LogP contribution in [0.4, 0.5) is 10.5 Å². The molecule has 3 rings (SSSR count). The minimum absolute atomic E-state index is 0.0116. The molecule has 1 aliphatic rings.